The monoisotopic (exact) mass is 268 g/mol. The second-order valence-corrected chi connectivity index (χ2v) is 5.32. The number of hydrogen-bond donors (Lipinski definition) is 1. The first-order chi connectivity index (χ1) is 7.24. The molecule has 1 N–H and O–H groups in total. The Kier molecular flexibility index (Phi) is 3.62. The molecule has 82 valence electrons. The third-order valence-corrected chi connectivity index (χ3v) is 3.53. The zero-order chi connectivity index (χ0) is 10.7. The first-order valence-corrected chi connectivity index (χ1v) is 6.40. The van der Waals surface area contributed by atoms with Crippen molar-refractivity contribution in [3.05, 3.63) is 22.8 Å². The highest BCUT2D eigenvalue weighted by molar-refractivity contribution is 9.10. The second kappa shape index (κ2) is 4.97. The minimum absolute atomic E-state index is 0.834. The number of aromatic nitrogens is 1. The lowest BCUT2D eigenvalue weighted by atomic mass is 10.1. The molecule has 2 unspecified atom stereocenters. The Bertz CT molecular complexity index is 327. The molecule has 0 amide bonds. The van der Waals surface area contributed by atoms with E-state index in [-0.39, 0.29) is 0 Å². The van der Waals surface area contributed by atoms with E-state index < -0.39 is 0 Å². The fourth-order valence-electron chi connectivity index (χ4n) is 2.27. The summed E-state index contributed by atoms with van der Waals surface area (Å²) in [6.45, 7) is 3.41. The van der Waals surface area contributed by atoms with Crippen molar-refractivity contribution in [2.75, 3.05) is 11.9 Å². The molecule has 1 heterocycles. The van der Waals surface area contributed by atoms with Crippen LogP contribution in [0.4, 0.5) is 5.82 Å². The van der Waals surface area contributed by atoms with Crippen molar-refractivity contribution in [1.29, 1.82) is 0 Å². The van der Waals surface area contributed by atoms with Gasteiger partial charge in [-0.1, -0.05) is 19.4 Å². The molecule has 15 heavy (non-hydrogen) atoms. The number of halogens is 1. The molecule has 3 heteroatoms. The van der Waals surface area contributed by atoms with E-state index in [1.54, 1.807) is 0 Å². The summed E-state index contributed by atoms with van der Waals surface area (Å²) >= 11 is 3.37. The minimum Gasteiger partial charge on any atom is -0.370 e. The molecule has 0 saturated heterocycles. The molecule has 2 rings (SSSR count). The fourth-order valence-corrected chi connectivity index (χ4v) is 2.61. The van der Waals surface area contributed by atoms with Crippen LogP contribution in [0.3, 0.4) is 0 Å². The highest BCUT2D eigenvalue weighted by Crippen LogP contribution is 2.30. The summed E-state index contributed by atoms with van der Waals surface area (Å²) in [5.74, 6) is 2.72. The van der Waals surface area contributed by atoms with Crippen molar-refractivity contribution in [2.45, 2.75) is 26.2 Å². The van der Waals surface area contributed by atoms with Crippen LogP contribution in [-0.2, 0) is 0 Å². The van der Waals surface area contributed by atoms with Crippen LogP contribution in [0, 0.1) is 11.8 Å². The highest BCUT2D eigenvalue weighted by atomic mass is 79.9. The molecule has 0 aromatic carbocycles. The Hall–Kier alpha value is -0.570. The van der Waals surface area contributed by atoms with E-state index >= 15 is 0 Å². The van der Waals surface area contributed by atoms with Crippen molar-refractivity contribution in [2.24, 2.45) is 11.8 Å². The van der Waals surface area contributed by atoms with Crippen molar-refractivity contribution in [3.8, 4) is 0 Å². The van der Waals surface area contributed by atoms with Gasteiger partial charge in [-0.25, -0.2) is 4.98 Å². The van der Waals surface area contributed by atoms with Crippen LogP contribution < -0.4 is 5.32 Å². The average molecular weight is 269 g/mol. The molecule has 1 aliphatic carbocycles. The standard InChI is InChI=1S/C12H17BrN2/c1-9-5-6-10(7-9)8-14-12-4-2-3-11(13)15-12/h2-4,9-10H,5-8H2,1H3,(H,14,15). The van der Waals surface area contributed by atoms with E-state index in [1.807, 2.05) is 18.2 Å². The Morgan fingerprint density at radius 2 is 2.33 bits per heavy atom. The molecule has 1 fully saturated rings. The number of hydrogen-bond acceptors (Lipinski definition) is 2. The SMILES string of the molecule is CC1CCC(CNc2cccc(Br)n2)C1. The second-order valence-electron chi connectivity index (χ2n) is 4.51. The van der Waals surface area contributed by atoms with Gasteiger partial charge in [-0.2, -0.15) is 0 Å². The minimum atomic E-state index is 0.834. The molecule has 2 nitrogen and oxygen atoms in total. The number of pyridine rings is 1. The predicted octanol–water partition coefficient (Wildman–Crippen LogP) is 3.69. The maximum absolute atomic E-state index is 4.36. The summed E-state index contributed by atoms with van der Waals surface area (Å²) < 4.78 is 0.896. The van der Waals surface area contributed by atoms with Gasteiger partial charge in [0.2, 0.25) is 0 Å². The number of nitrogens with one attached hydrogen (secondary N) is 1. The van der Waals surface area contributed by atoms with Crippen molar-refractivity contribution in [1.82, 2.24) is 4.98 Å². The van der Waals surface area contributed by atoms with Gasteiger partial charge in [0.05, 0.1) is 0 Å². The van der Waals surface area contributed by atoms with Gasteiger partial charge in [-0.3, -0.25) is 0 Å². The number of nitrogens with zero attached hydrogens (tertiary/aromatic N) is 1. The zero-order valence-electron chi connectivity index (χ0n) is 9.04. The fraction of sp³-hybridized carbons (Fsp3) is 0.583. The third-order valence-electron chi connectivity index (χ3n) is 3.09. The molecule has 0 radical (unpaired) electrons. The lowest BCUT2D eigenvalue weighted by Gasteiger charge is -2.11. The quantitative estimate of drug-likeness (QED) is 0.846. The highest BCUT2D eigenvalue weighted by Gasteiger charge is 2.20. The van der Waals surface area contributed by atoms with Crippen LogP contribution in [0.15, 0.2) is 22.8 Å². The van der Waals surface area contributed by atoms with Gasteiger partial charge in [0.15, 0.2) is 0 Å². The predicted molar refractivity (Wildman–Crippen MR) is 66.9 cm³/mol. The first kappa shape index (κ1) is 10.9. The molecule has 0 aliphatic heterocycles. The summed E-state index contributed by atoms with van der Waals surface area (Å²) in [5, 5.41) is 3.41. The largest absolute Gasteiger partial charge is 0.370 e. The maximum atomic E-state index is 4.36. The number of anilines is 1. The van der Waals surface area contributed by atoms with Gasteiger partial charge in [0, 0.05) is 6.54 Å². The normalized spacial score (nSPS) is 25.5. The molecule has 2 atom stereocenters. The molecule has 0 spiro atoms. The van der Waals surface area contributed by atoms with Crippen LogP contribution in [0.25, 0.3) is 0 Å². The number of rotatable bonds is 3. The Morgan fingerprint density at radius 3 is 3.00 bits per heavy atom. The Morgan fingerprint density at radius 1 is 1.47 bits per heavy atom. The van der Waals surface area contributed by atoms with E-state index in [0.717, 1.165) is 28.8 Å². The summed E-state index contributed by atoms with van der Waals surface area (Å²) in [4.78, 5) is 4.36. The topological polar surface area (TPSA) is 24.9 Å². The summed E-state index contributed by atoms with van der Waals surface area (Å²) in [6, 6.07) is 5.97. The van der Waals surface area contributed by atoms with Gasteiger partial charge < -0.3 is 5.32 Å². The van der Waals surface area contributed by atoms with Crippen molar-refractivity contribution in [3.63, 3.8) is 0 Å². The van der Waals surface area contributed by atoms with Crippen LogP contribution >= 0.6 is 15.9 Å². The lowest BCUT2D eigenvalue weighted by molar-refractivity contribution is 0.536. The Balaban J connectivity index is 1.83. The third kappa shape index (κ3) is 3.20. The van der Waals surface area contributed by atoms with Crippen LogP contribution in [-0.4, -0.2) is 11.5 Å². The van der Waals surface area contributed by atoms with Crippen LogP contribution in [0.5, 0.6) is 0 Å². The summed E-state index contributed by atoms with van der Waals surface area (Å²) in [7, 11) is 0. The van der Waals surface area contributed by atoms with E-state index in [0.29, 0.717) is 0 Å². The van der Waals surface area contributed by atoms with Crippen molar-refractivity contribution >= 4 is 21.7 Å². The first-order valence-electron chi connectivity index (χ1n) is 5.60. The average Bonchev–Trinajstić information content (AvgIpc) is 2.62. The van der Waals surface area contributed by atoms with Crippen LogP contribution in [0.1, 0.15) is 26.2 Å². The molecule has 0 bridgehead atoms. The maximum Gasteiger partial charge on any atom is 0.127 e. The summed E-state index contributed by atoms with van der Waals surface area (Å²) in [6.07, 6.45) is 4.11. The van der Waals surface area contributed by atoms with Gasteiger partial charge in [-0.05, 0) is 52.7 Å². The van der Waals surface area contributed by atoms with Gasteiger partial charge in [0.25, 0.3) is 0 Å². The molecule has 1 aromatic heterocycles. The smallest absolute Gasteiger partial charge is 0.127 e. The molecule has 1 aromatic rings. The molecular weight excluding hydrogens is 252 g/mol. The molecule has 1 saturated carbocycles. The molecule has 1 aliphatic rings. The van der Waals surface area contributed by atoms with Gasteiger partial charge in [-0.15, -0.1) is 0 Å². The van der Waals surface area contributed by atoms with Gasteiger partial charge >= 0.3 is 0 Å². The van der Waals surface area contributed by atoms with Crippen LogP contribution in [0.2, 0.25) is 0 Å². The van der Waals surface area contributed by atoms with E-state index in [4.69, 9.17) is 0 Å². The van der Waals surface area contributed by atoms with E-state index in [1.165, 1.54) is 19.3 Å². The van der Waals surface area contributed by atoms with E-state index in [2.05, 4.69) is 33.2 Å². The lowest BCUT2D eigenvalue weighted by Crippen LogP contribution is -2.12. The summed E-state index contributed by atoms with van der Waals surface area (Å²) in [5.41, 5.74) is 0. The molecular formula is C12H17BrN2. The van der Waals surface area contributed by atoms with E-state index in [9.17, 15) is 0 Å². The zero-order valence-corrected chi connectivity index (χ0v) is 10.6. The van der Waals surface area contributed by atoms with Gasteiger partial charge in [0.1, 0.15) is 10.4 Å². The Labute approximate surface area is 99.6 Å². The van der Waals surface area contributed by atoms with Crippen molar-refractivity contribution < 1.29 is 0 Å².